The minimum Gasteiger partial charge on any atom is -0.294 e. The number of aromatic nitrogens is 1. The molecule has 0 saturated carbocycles. The van der Waals surface area contributed by atoms with Gasteiger partial charge >= 0.3 is 0 Å². The molecule has 27 heavy (non-hydrogen) atoms. The first kappa shape index (κ1) is 19.5. The van der Waals surface area contributed by atoms with Crippen molar-refractivity contribution in [2.24, 2.45) is 5.41 Å². The lowest BCUT2D eigenvalue weighted by Crippen LogP contribution is -2.33. The second-order valence-electron chi connectivity index (χ2n) is 7.25. The zero-order valence-corrected chi connectivity index (χ0v) is 17.0. The van der Waals surface area contributed by atoms with Gasteiger partial charge < -0.3 is 0 Å². The van der Waals surface area contributed by atoms with Crippen LogP contribution >= 0.6 is 22.7 Å². The Kier molecular flexibility index (Phi) is 5.58. The molecule has 0 amide bonds. The summed E-state index contributed by atoms with van der Waals surface area (Å²) in [6, 6.07) is 8.29. The fourth-order valence-electron chi connectivity index (χ4n) is 2.43. The number of thiazole rings is 1. The van der Waals surface area contributed by atoms with Crippen molar-refractivity contribution in [3.05, 3.63) is 77.6 Å². The van der Waals surface area contributed by atoms with Crippen LogP contribution in [0.15, 0.2) is 45.9 Å². The topological polar surface area (TPSA) is 39.1 Å². The molecule has 0 bridgehead atoms. The molecule has 3 nitrogen and oxygen atoms in total. The van der Waals surface area contributed by atoms with Gasteiger partial charge in [0.25, 0.3) is 5.56 Å². The molecule has 0 atom stereocenters. The number of carbonyl (C=O) groups excluding carboxylic acids is 1. The minimum atomic E-state index is -0.555. The Balaban J connectivity index is 2.19. The summed E-state index contributed by atoms with van der Waals surface area (Å²) in [5, 5.41) is 3.89. The van der Waals surface area contributed by atoms with Crippen molar-refractivity contribution in [2.45, 2.75) is 27.3 Å². The van der Waals surface area contributed by atoms with Crippen molar-refractivity contribution in [1.82, 2.24) is 4.57 Å². The number of hydrogen-bond donors (Lipinski definition) is 0. The van der Waals surface area contributed by atoms with E-state index in [0.29, 0.717) is 14.8 Å². The van der Waals surface area contributed by atoms with Crippen molar-refractivity contribution in [1.29, 1.82) is 0 Å². The molecule has 0 radical (unpaired) electrons. The van der Waals surface area contributed by atoms with E-state index in [-0.39, 0.29) is 23.7 Å². The molecule has 0 aliphatic carbocycles. The summed E-state index contributed by atoms with van der Waals surface area (Å²) in [6.45, 7) is 5.58. The first-order valence-electron chi connectivity index (χ1n) is 8.49. The van der Waals surface area contributed by atoms with Crippen LogP contribution in [0.2, 0.25) is 0 Å². The van der Waals surface area contributed by atoms with Gasteiger partial charge in [-0.05, 0) is 34.5 Å². The van der Waals surface area contributed by atoms with E-state index in [1.165, 1.54) is 28.0 Å². The van der Waals surface area contributed by atoms with E-state index in [1.54, 1.807) is 35.6 Å². The number of carbonyl (C=O) groups is 1. The van der Waals surface area contributed by atoms with Crippen LogP contribution in [-0.2, 0) is 11.3 Å². The maximum absolute atomic E-state index is 14.1. The third-order valence-electron chi connectivity index (χ3n) is 4.06. The number of Topliss-reactive ketones (excluding diaryl/α,β-unsaturated/α-hetero) is 1. The second kappa shape index (κ2) is 7.74. The van der Waals surface area contributed by atoms with E-state index < -0.39 is 5.41 Å². The van der Waals surface area contributed by atoms with Gasteiger partial charge in [-0.1, -0.05) is 39.0 Å². The Labute approximate surface area is 164 Å². The predicted molar refractivity (Wildman–Crippen MR) is 110 cm³/mol. The summed E-state index contributed by atoms with van der Waals surface area (Å²) in [5.41, 5.74) is 0.574. The minimum absolute atomic E-state index is 0.0758. The lowest BCUT2D eigenvalue weighted by atomic mass is 9.91. The molecule has 3 rings (SSSR count). The number of ketones is 1. The fourth-order valence-corrected chi connectivity index (χ4v) is 4.09. The Morgan fingerprint density at radius 2 is 1.96 bits per heavy atom. The first-order chi connectivity index (χ1) is 12.8. The molecular weight excluding hydrogens is 381 g/mol. The van der Waals surface area contributed by atoms with Crippen LogP contribution in [0.5, 0.6) is 0 Å². The largest absolute Gasteiger partial charge is 0.294 e. The summed E-state index contributed by atoms with van der Waals surface area (Å²) in [7, 11) is 0. The number of nitrogens with zero attached hydrogens (tertiary/aromatic N) is 1. The molecule has 0 unspecified atom stereocenters. The van der Waals surface area contributed by atoms with Gasteiger partial charge in [0.15, 0.2) is 5.78 Å². The molecule has 140 valence electrons. The van der Waals surface area contributed by atoms with Gasteiger partial charge in [-0.3, -0.25) is 14.2 Å². The van der Waals surface area contributed by atoms with Crippen LogP contribution in [0.1, 0.15) is 31.9 Å². The smallest absolute Gasteiger partial charge is 0.269 e. The van der Waals surface area contributed by atoms with Crippen molar-refractivity contribution >= 4 is 40.6 Å². The van der Waals surface area contributed by atoms with Crippen LogP contribution < -0.4 is 14.8 Å². The summed E-state index contributed by atoms with van der Waals surface area (Å²) in [6.07, 6.45) is 3.30. The molecule has 0 N–H and O–H groups in total. The molecule has 0 aliphatic rings. The number of rotatable bonds is 4. The normalized spacial score (nSPS) is 13.3. The van der Waals surface area contributed by atoms with E-state index in [9.17, 15) is 14.0 Å². The summed E-state index contributed by atoms with van der Waals surface area (Å²) < 4.78 is 16.6. The van der Waals surface area contributed by atoms with Crippen LogP contribution in [0, 0.1) is 11.2 Å². The third kappa shape index (κ3) is 4.51. The molecule has 2 heterocycles. The Morgan fingerprint density at radius 3 is 2.59 bits per heavy atom. The number of hydrogen-bond acceptors (Lipinski definition) is 4. The third-order valence-corrected chi connectivity index (χ3v) is 5.82. The standard InChI is InChI=1S/C21H20FNO2S2/c1-21(2,3)18(24)11-19-23(12-15-6-4-5-7-16(15)22)20(25)17(27-19)10-14-8-9-26-13-14/h4-11,13H,12H2,1-3H3/b17-10-,19-11-. The lowest BCUT2D eigenvalue weighted by Gasteiger charge is -2.13. The highest BCUT2D eigenvalue weighted by Crippen LogP contribution is 2.15. The Morgan fingerprint density at radius 1 is 1.22 bits per heavy atom. The molecular formula is C21H20FNO2S2. The van der Waals surface area contributed by atoms with E-state index >= 15 is 0 Å². The summed E-state index contributed by atoms with van der Waals surface area (Å²) >= 11 is 2.80. The van der Waals surface area contributed by atoms with Crippen molar-refractivity contribution in [3.63, 3.8) is 0 Å². The van der Waals surface area contributed by atoms with Gasteiger partial charge in [0, 0.05) is 17.1 Å². The molecule has 2 aromatic heterocycles. The molecule has 6 heteroatoms. The Bertz CT molecular complexity index is 1130. The van der Waals surface area contributed by atoms with E-state index in [0.717, 1.165) is 5.56 Å². The quantitative estimate of drug-likeness (QED) is 0.672. The molecule has 0 aliphatic heterocycles. The average Bonchev–Trinajstić information content (AvgIpc) is 3.20. The molecule has 0 spiro atoms. The van der Waals surface area contributed by atoms with Gasteiger partial charge in [0.1, 0.15) is 10.5 Å². The highest BCUT2D eigenvalue weighted by atomic mass is 32.1. The fraction of sp³-hybridized carbons (Fsp3) is 0.238. The lowest BCUT2D eigenvalue weighted by molar-refractivity contribution is -0.120. The van der Waals surface area contributed by atoms with Gasteiger partial charge in [0.05, 0.1) is 11.1 Å². The number of benzene rings is 1. The molecule has 1 aromatic carbocycles. The zero-order chi connectivity index (χ0) is 19.6. The van der Waals surface area contributed by atoms with Crippen LogP contribution in [0.3, 0.4) is 0 Å². The second-order valence-corrected chi connectivity index (χ2v) is 9.09. The number of halogens is 1. The van der Waals surface area contributed by atoms with Gasteiger partial charge in [-0.25, -0.2) is 4.39 Å². The highest BCUT2D eigenvalue weighted by molar-refractivity contribution is 7.08. The zero-order valence-electron chi connectivity index (χ0n) is 15.4. The summed E-state index contributed by atoms with van der Waals surface area (Å²) in [4.78, 5) is 25.5. The summed E-state index contributed by atoms with van der Waals surface area (Å²) in [5.74, 6) is -0.444. The van der Waals surface area contributed by atoms with Crippen molar-refractivity contribution in [3.8, 4) is 0 Å². The molecule has 0 saturated heterocycles. The SMILES string of the molecule is CC(C)(C)C(=O)/C=c1\s/c(=C\c2ccsc2)c(=O)n1Cc1ccccc1F. The number of thiophene rings is 1. The van der Waals surface area contributed by atoms with E-state index in [4.69, 9.17) is 0 Å². The average molecular weight is 402 g/mol. The maximum atomic E-state index is 14.1. The van der Waals surface area contributed by atoms with Crippen molar-refractivity contribution < 1.29 is 9.18 Å². The van der Waals surface area contributed by atoms with E-state index in [2.05, 4.69) is 0 Å². The predicted octanol–water partition coefficient (Wildman–Crippen LogP) is 3.38. The highest BCUT2D eigenvalue weighted by Gasteiger charge is 2.19. The van der Waals surface area contributed by atoms with Crippen molar-refractivity contribution in [2.75, 3.05) is 0 Å². The Hall–Kier alpha value is -2.31. The van der Waals surface area contributed by atoms with Crippen LogP contribution in [0.25, 0.3) is 12.2 Å². The van der Waals surface area contributed by atoms with E-state index in [1.807, 2.05) is 37.6 Å². The molecule has 0 fully saturated rings. The van der Waals surface area contributed by atoms with Crippen LogP contribution in [-0.4, -0.2) is 10.4 Å². The van der Waals surface area contributed by atoms with Gasteiger partial charge in [0.2, 0.25) is 0 Å². The first-order valence-corrected chi connectivity index (χ1v) is 10.2. The molecule has 3 aromatic rings. The maximum Gasteiger partial charge on any atom is 0.269 e. The monoisotopic (exact) mass is 401 g/mol. The van der Waals surface area contributed by atoms with Gasteiger partial charge in [-0.2, -0.15) is 11.3 Å². The van der Waals surface area contributed by atoms with Crippen LogP contribution in [0.4, 0.5) is 4.39 Å². The van der Waals surface area contributed by atoms with Gasteiger partial charge in [-0.15, -0.1) is 11.3 Å².